The highest BCUT2D eigenvalue weighted by Gasteiger charge is 2.32. The quantitative estimate of drug-likeness (QED) is 0.391. The van der Waals surface area contributed by atoms with Gasteiger partial charge in [0.1, 0.15) is 6.29 Å². The van der Waals surface area contributed by atoms with Crippen LogP contribution >= 0.6 is 0 Å². The highest BCUT2D eigenvalue weighted by Crippen LogP contribution is 2.22. The molecule has 0 bridgehead atoms. The first-order valence-electron chi connectivity index (χ1n) is 12.2. The second-order valence-corrected chi connectivity index (χ2v) is 9.69. The van der Waals surface area contributed by atoms with Gasteiger partial charge in [-0.2, -0.15) is 0 Å². The highest BCUT2D eigenvalue weighted by atomic mass is 16.5. The Morgan fingerprint density at radius 3 is 2.78 bits per heavy atom. The third-order valence-electron chi connectivity index (χ3n) is 7.23. The summed E-state index contributed by atoms with van der Waals surface area (Å²) >= 11 is 0. The molecule has 6 unspecified atom stereocenters. The molecule has 0 aromatic heterocycles. The van der Waals surface area contributed by atoms with Gasteiger partial charge in [-0.05, 0) is 76.2 Å². The van der Waals surface area contributed by atoms with E-state index >= 15 is 0 Å². The van der Waals surface area contributed by atoms with Crippen molar-refractivity contribution in [2.45, 2.75) is 70.0 Å². The first-order chi connectivity index (χ1) is 15.5. The van der Waals surface area contributed by atoms with E-state index in [9.17, 15) is 4.79 Å². The Morgan fingerprint density at radius 1 is 1.12 bits per heavy atom. The molecular weight excluding hydrogens is 404 g/mol. The monoisotopic (exact) mass is 444 g/mol. The second kappa shape index (κ2) is 10.9. The topological polar surface area (TPSA) is 98.5 Å². The van der Waals surface area contributed by atoms with Gasteiger partial charge in [0, 0.05) is 49.6 Å². The number of benzene rings is 1. The van der Waals surface area contributed by atoms with Gasteiger partial charge in [-0.1, -0.05) is 6.07 Å². The summed E-state index contributed by atoms with van der Waals surface area (Å²) in [6.45, 7) is 8.01. The minimum Gasteiger partial charge on any atom is -0.380 e. The highest BCUT2D eigenvalue weighted by molar-refractivity contribution is 5.95. The molecule has 4 rings (SSSR count). The minimum atomic E-state index is -0.0299. The summed E-state index contributed by atoms with van der Waals surface area (Å²) in [5.74, 6) is 0.542. The van der Waals surface area contributed by atoms with Gasteiger partial charge in [0.25, 0.3) is 5.91 Å². The van der Waals surface area contributed by atoms with Crippen molar-refractivity contribution in [3.05, 3.63) is 29.3 Å². The van der Waals surface area contributed by atoms with Crippen LogP contribution in [0, 0.1) is 12.8 Å². The number of carbonyl (C=O) groups excluding carboxylic acids is 1. The maximum absolute atomic E-state index is 12.9. The molecule has 3 aliphatic heterocycles. The third kappa shape index (κ3) is 5.99. The van der Waals surface area contributed by atoms with Gasteiger partial charge in [-0.15, -0.1) is 0 Å². The predicted molar refractivity (Wildman–Crippen MR) is 128 cm³/mol. The number of rotatable bonds is 6. The fourth-order valence-corrected chi connectivity index (χ4v) is 5.09. The van der Waals surface area contributed by atoms with Crippen LogP contribution < -0.4 is 31.9 Å². The summed E-state index contributed by atoms with van der Waals surface area (Å²) in [5.41, 5.74) is 2.80. The lowest BCUT2D eigenvalue weighted by Gasteiger charge is -2.40. The third-order valence-corrected chi connectivity index (χ3v) is 7.23. The van der Waals surface area contributed by atoms with E-state index in [2.05, 4.69) is 45.7 Å². The Morgan fingerprint density at radius 2 is 2.00 bits per heavy atom. The standard InChI is InChI=1S/C24H40N6O2/c1-15-4-6-17(23(31)28-19-7-5-16(2)27-13-19)11-22(15)30-24-26-9-8-21(29-24)18-10-20(32-3)14-25-12-18/h4,6,11,16,18-21,24-27,29-30H,5,7-10,12-14H2,1-3H3,(H,28,31). The minimum absolute atomic E-state index is 0.00395. The van der Waals surface area contributed by atoms with E-state index < -0.39 is 0 Å². The summed E-state index contributed by atoms with van der Waals surface area (Å²) in [7, 11) is 1.80. The lowest BCUT2D eigenvalue weighted by Crippen LogP contribution is -2.61. The number of piperidine rings is 2. The predicted octanol–water partition coefficient (Wildman–Crippen LogP) is 1.14. The molecule has 1 aromatic rings. The molecule has 0 saturated carbocycles. The number of amides is 1. The van der Waals surface area contributed by atoms with Gasteiger partial charge in [-0.3, -0.25) is 15.4 Å². The molecule has 8 heteroatoms. The molecule has 0 aliphatic carbocycles. The van der Waals surface area contributed by atoms with Crippen LogP contribution in [0.3, 0.4) is 0 Å². The Balaban J connectivity index is 1.35. The molecule has 6 N–H and O–H groups in total. The van der Waals surface area contributed by atoms with Crippen LogP contribution in [0.5, 0.6) is 0 Å². The number of methoxy groups -OCH3 is 1. The largest absolute Gasteiger partial charge is 0.380 e. The molecular formula is C24H40N6O2. The molecule has 8 nitrogen and oxygen atoms in total. The summed E-state index contributed by atoms with van der Waals surface area (Å²) in [5, 5.41) is 21.0. The van der Waals surface area contributed by atoms with Crippen molar-refractivity contribution in [3.63, 3.8) is 0 Å². The first kappa shape index (κ1) is 23.4. The molecule has 3 aliphatic rings. The Hall–Kier alpha value is -1.71. The zero-order valence-corrected chi connectivity index (χ0v) is 19.7. The number of hydrogen-bond donors (Lipinski definition) is 6. The molecule has 0 radical (unpaired) electrons. The van der Waals surface area contributed by atoms with Crippen molar-refractivity contribution in [1.29, 1.82) is 0 Å². The number of ether oxygens (including phenoxy) is 1. The van der Waals surface area contributed by atoms with E-state index in [0.717, 1.165) is 63.1 Å². The lowest BCUT2D eigenvalue weighted by atomic mass is 9.87. The number of anilines is 1. The summed E-state index contributed by atoms with van der Waals surface area (Å²) in [6, 6.07) is 7.05. The average molecular weight is 445 g/mol. The van der Waals surface area contributed by atoms with Gasteiger partial charge in [-0.25, -0.2) is 0 Å². The molecule has 3 heterocycles. The number of hydrogen-bond acceptors (Lipinski definition) is 7. The van der Waals surface area contributed by atoms with Crippen molar-refractivity contribution in [3.8, 4) is 0 Å². The van der Waals surface area contributed by atoms with E-state index in [1.54, 1.807) is 7.11 Å². The zero-order valence-electron chi connectivity index (χ0n) is 19.7. The van der Waals surface area contributed by atoms with Crippen LogP contribution in [0.1, 0.15) is 48.5 Å². The van der Waals surface area contributed by atoms with Gasteiger partial charge in [0.05, 0.1) is 6.10 Å². The molecule has 6 atom stereocenters. The molecule has 1 aromatic carbocycles. The SMILES string of the molecule is COC1CNCC(C2CCNC(Nc3cc(C(=O)NC4CCC(C)NC4)ccc3C)N2)C1. The Kier molecular flexibility index (Phi) is 8.02. The Labute approximate surface area is 192 Å². The zero-order chi connectivity index (χ0) is 22.5. The summed E-state index contributed by atoms with van der Waals surface area (Å²) in [4.78, 5) is 12.9. The van der Waals surface area contributed by atoms with Crippen molar-refractivity contribution in [1.82, 2.24) is 26.6 Å². The number of nitrogens with one attached hydrogen (secondary N) is 6. The number of carbonyl (C=O) groups is 1. The van der Waals surface area contributed by atoms with Gasteiger partial charge in [0.15, 0.2) is 0 Å². The number of aryl methyl sites for hydroxylation is 1. The molecule has 0 spiro atoms. The molecule has 3 fully saturated rings. The molecule has 3 saturated heterocycles. The van der Waals surface area contributed by atoms with Crippen LogP contribution in [0.2, 0.25) is 0 Å². The maximum Gasteiger partial charge on any atom is 0.251 e. The first-order valence-corrected chi connectivity index (χ1v) is 12.2. The fraction of sp³-hybridized carbons (Fsp3) is 0.708. The van der Waals surface area contributed by atoms with E-state index in [4.69, 9.17) is 4.74 Å². The molecule has 32 heavy (non-hydrogen) atoms. The fourth-order valence-electron chi connectivity index (χ4n) is 5.09. The summed E-state index contributed by atoms with van der Waals surface area (Å²) in [6.07, 6.45) is 4.55. The molecule has 178 valence electrons. The van der Waals surface area contributed by atoms with Crippen molar-refractivity contribution < 1.29 is 9.53 Å². The van der Waals surface area contributed by atoms with E-state index in [0.29, 0.717) is 23.6 Å². The summed E-state index contributed by atoms with van der Waals surface area (Å²) < 4.78 is 5.58. The van der Waals surface area contributed by atoms with Crippen LogP contribution in [-0.4, -0.2) is 69.7 Å². The lowest BCUT2D eigenvalue weighted by molar-refractivity contribution is 0.0483. The van der Waals surface area contributed by atoms with E-state index in [1.807, 2.05) is 18.2 Å². The van der Waals surface area contributed by atoms with E-state index in [1.165, 1.54) is 0 Å². The second-order valence-electron chi connectivity index (χ2n) is 9.69. The van der Waals surface area contributed by atoms with Crippen molar-refractivity contribution in [2.24, 2.45) is 5.92 Å². The van der Waals surface area contributed by atoms with Gasteiger partial charge < -0.3 is 26.0 Å². The van der Waals surface area contributed by atoms with Gasteiger partial charge in [0.2, 0.25) is 0 Å². The normalized spacial score (nSPS) is 33.5. The Bertz CT molecular complexity index is 767. The van der Waals surface area contributed by atoms with Crippen molar-refractivity contribution >= 4 is 11.6 Å². The maximum atomic E-state index is 12.9. The van der Waals surface area contributed by atoms with Crippen LogP contribution in [0.4, 0.5) is 5.69 Å². The average Bonchev–Trinajstić information content (AvgIpc) is 2.82. The van der Waals surface area contributed by atoms with Crippen LogP contribution in [-0.2, 0) is 4.74 Å². The molecule has 1 amide bonds. The van der Waals surface area contributed by atoms with Gasteiger partial charge >= 0.3 is 0 Å². The van der Waals surface area contributed by atoms with Crippen molar-refractivity contribution in [2.75, 3.05) is 38.6 Å². The van der Waals surface area contributed by atoms with Crippen LogP contribution in [0.15, 0.2) is 18.2 Å². The smallest absolute Gasteiger partial charge is 0.251 e. The van der Waals surface area contributed by atoms with Crippen LogP contribution in [0.25, 0.3) is 0 Å². The van der Waals surface area contributed by atoms with E-state index in [-0.39, 0.29) is 24.3 Å².